The minimum absolute atomic E-state index is 0.110. The SMILES string of the molecule is Cc1cc(=O)[nH]cc1-c1ccc(Cl)c(Cl)c1. The van der Waals surface area contributed by atoms with Crippen LogP contribution in [0.2, 0.25) is 10.0 Å². The maximum absolute atomic E-state index is 11.1. The minimum atomic E-state index is -0.110. The predicted octanol–water partition coefficient (Wildman–Crippen LogP) is 3.66. The van der Waals surface area contributed by atoms with Crippen LogP contribution in [0.1, 0.15) is 5.56 Å². The number of aromatic nitrogens is 1. The average molecular weight is 254 g/mol. The summed E-state index contributed by atoms with van der Waals surface area (Å²) in [5.74, 6) is 0. The third-order valence-electron chi connectivity index (χ3n) is 2.36. The molecule has 1 aromatic heterocycles. The third kappa shape index (κ3) is 2.13. The Morgan fingerprint density at radius 3 is 2.50 bits per heavy atom. The quantitative estimate of drug-likeness (QED) is 0.827. The molecule has 0 amide bonds. The standard InChI is InChI=1S/C12H9Cl2NO/c1-7-4-12(16)15-6-9(7)8-2-3-10(13)11(14)5-8/h2-6H,1H3,(H,15,16). The van der Waals surface area contributed by atoms with Crippen LogP contribution in [-0.4, -0.2) is 4.98 Å². The van der Waals surface area contributed by atoms with E-state index in [1.54, 1.807) is 24.4 Å². The lowest BCUT2D eigenvalue weighted by atomic mass is 10.0. The molecule has 1 aromatic carbocycles. The van der Waals surface area contributed by atoms with Crippen molar-refractivity contribution >= 4 is 23.2 Å². The molecule has 1 N–H and O–H groups in total. The van der Waals surface area contributed by atoms with Gasteiger partial charge in [-0.1, -0.05) is 29.3 Å². The van der Waals surface area contributed by atoms with Crippen molar-refractivity contribution in [3.63, 3.8) is 0 Å². The van der Waals surface area contributed by atoms with E-state index in [4.69, 9.17) is 23.2 Å². The number of hydrogen-bond acceptors (Lipinski definition) is 1. The van der Waals surface area contributed by atoms with Gasteiger partial charge >= 0.3 is 0 Å². The highest BCUT2D eigenvalue weighted by molar-refractivity contribution is 6.42. The molecular weight excluding hydrogens is 245 g/mol. The molecule has 1 heterocycles. The summed E-state index contributed by atoms with van der Waals surface area (Å²) in [6, 6.07) is 6.95. The van der Waals surface area contributed by atoms with Crippen LogP contribution in [-0.2, 0) is 0 Å². The first-order valence-electron chi connectivity index (χ1n) is 4.72. The zero-order chi connectivity index (χ0) is 11.7. The number of nitrogens with one attached hydrogen (secondary N) is 1. The van der Waals surface area contributed by atoms with E-state index in [2.05, 4.69) is 4.98 Å². The van der Waals surface area contributed by atoms with Gasteiger partial charge in [-0.25, -0.2) is 0 Å². The molecule has 82 valence electrons. The maximum atomic E-state index is 11.1. The second-order valence-electron chi connectivity index (χ2n) is 3.52. The lowest BCUT2D eigenvalue weighted by Crippen LogP contribution is -2.04. The fraction of sp³-hybridized carbons (Fsp3) is 0.0833. The molecule has 0 aliphatic rings. The van der Waals surface area contributed by atoms with Crippen molar-refractivity contribution in [1.29, 1.82) is 0 Å². The Kier molecular flexibility index (Phi) is 3.03. The van der Waals surface area contributed by atoms with Crippen molar-refractivity contribution in [2.75, 3.05) is 0 Å². The summed E-state index contributed by atoms with van der Waals surface area (Å²) in [6.45, 7) is 1.88. The van der Waals surface area contributed by atoms with Crippen molar-refractivity contribution in [1.82, 2.24) is 4.98 Å². The Labute approximate surface area is 103 Å². The van der Waals surface area contributed by atoms with Crippen LogP contribution < -0.4 is 5.56 Å². The first-order chi connectivity index (χ1) is 7.58. The number of halogens is 2. The van der Waals surface area contributed by atoms with Crippen molar-refractivity contribution in [3.05, 3.63) is 56.4 Å². The zero-order valence-electron chi connectivity index (χ0n) is 8.55. The molecule has 2 rings (SSSR count). The van der Waals surface area contributed by atoms with Gasteiger partial charge in [0.15, 0.2) is 0 Å². The second kappa shape index (κ2) is 4.32. The van der Waals surface area contributed by atoms with E-state index in [9.17, 15) is 4.79 Å². The fourth-order valence-electron chi connectivity index (χ4n) is 1.55. The van der Waals surface area contributed by atoms with Crippen molar-refractivity contribution in [3.8, 4) is 11.1 Å². The van der Waals surface area contributed by atoms with Gasteiger partial charge in [0, 0.05) is 17.8 Å². The summed E-state index contributed by atoms with van der Waals surface area (Å²) >= 11 is 11.8. The Bertz CT molecular complexity index is 590. The normalized spacial score (nSPS) is 10.4. The van der Waals surface area contributed by atoms with Crippen LogP contribution >= 0.6 is 23.2 Å². The minimum Gasteiger partial charge on any atom is -0.328 e. The molecule has 0 fully saturated rings. The van der Waals surface area contributed by atoms with Gasteiger partial charge < -0.3 is 4.98 Å². The molecule has 2 aromatic rings. The van der Waals surface area contributed by atoms with Crippen LogP contribution in [0.5, 0.6) is 0 Å². The molecule has 0 spiro atoms. The number of hydrogen-bond donors (Lipinski definition) is 1. The number of aryl methyl sites for hydroxylation is 1. The Morgan fingerprint density at radius 2 is 1.88 bits per heavy atom. The molecule has 0 radical (unpaired) electrons. The van der Waals surface area contributed by atoms with Gasteiger partial charge in [-0.15, -0.1) is 0 Å². The first-order valence-corrected chi connectivity index (χ1v) is 5.48. The van der Waals surface area contributed by atoms with Gasteiger partial charge in [-0.05, 0) is 30.2 Å². The van der Waals surface area contributed by atoms with Crippen molar-refractivity contribution < 1.29 is 0 Å². The van der Waals surface area contributed by atoms with E-state index in [1.807, 2.05) is 13.0 Å². The first kappa shape index (κ1) is 11.2. The summed E-state index contributed by atoms with van der Waals surface area (Å²) in [5.41, 5.74) is 2.67. The monoisotopic (exact) mass is 253 g/mol. The molecule has 0 saturated carbocycles. The summed E-state index contributed by atoms with van der Waals surface area (Å²) in [7, 11) is 0. The van der Waals surface area contributed by atoms with E-state index >= 15 is 0 Å². The molecule has 0 aliphatic carbocycles. The molecule has 0 atom stereocenters. The number of rotatable bonds is 1. The average Bonchev–Trinajstić information content (AvgIpc) is 2.22. The highest BCUT2D eigenvalue weighted by atomic mass is 35.5. The molecular formula is C12H9Cl2NO. The molecule has 0 saturated heterocycles. The summed E-state index contributed by atoms with van der Waals surface area (Å²) < 4.78 is 0. The molecule has 4 heteroatoms. The Balaban J connectivity index is 2.59. The Morgan fingerprint density at radius 1 is 1.12 bits per heavy atom. The van der Waals surface area contributed by atoms with Crippen molar-refractivity contribution in [2.24, 2.45) is 0 Å². The van der Waals surface area contributed by atoms with Crippen LogP contribution in [0.3, 0.4) is 0 Å². The zero-order valence-corrected chi connectivity index (χ0v) is 10.1. The number of benzene rings is 1. The maximum Gasteiger partial charge on any atom is 0.248 e. The largest absolute Gasteiger partial charge is 0.328 e. The number of pyridine rings is 1. The van der Waals surface area contributed by atoms with Crippen LogP contribution in [0, 0.1) is 6.92 Å². The second-order valence-corrected chi connectivity index (χ2v) is 4.34. The third-order valence-corrected chi connectivity index (χ3v) is 3.10. The van der Waals surface area contributed by atoms with Crippen LogP contribution in [0.4, 0.5) is 0 Å². The molecule has 0 aliphatic heterocycles. The van der Waals surface area contributed by atoms with Crippen LogP contribution in [0.15, 0.2) is 35.3 Å². The summed E-state index contributed by atoms with van der Waals surface area (Å²) in [4.78, 5) is 13.7. The number of H-pyrrole nitrogens is 1. The van der Waals surface area contributed by atoms with Gasteiger partial charge in [0.2, 0.25) is 5.56 Å². The lowest BCUT2D eigenvalue weighted by Gasteiger charge is -2.06. The van der Waals surface area contributed by atoms with Gasteiger partial charge in [0.1, 0.15) is 0 Å². The van der Waals surface area contributed by atoms with E-state index in [0.717, 1.165) is 16.7 Å². The topological polar surface area (TPSA) is 32.9 Å². The van der Waals surface area contributed by atoms with E-state index in [1.165, 1.54) is 0 Å². The number of aromatic amines is 1. The Hall–Kier alpha value is -1.25. The highest BCUT2D eigenvalue weighted by Gasteiger charge is 2.05. The summed E-state index contributed by atoms with van der Waals surface area (Å²) in [6.07, 6.45) is 1.68. The van der Waals surface area contributed by atoms with Crippen LogP contribution in [0.25, 0.3) is 11.1 Å². The van der Waals surface area contributed by atoms with Crippen molar-refractivity contribution in [2.45, 2.75) is 6.92 Å². The van der Waals surface area contributed by atoms with Gasteiger partial charge in [-0.3, -0.25) is 4.79 Å². The summed E-state index contributed by atoms with van der Waals surface area (Å²) in [5, 5.41) is 1.03. The molecule has 16 heavy (non-hydrogen) atoms. The van der Waals surface area contributed by atoms with E-state index in [0.29, 0.717) is 10.0 Å². The molecule has 0 unspecified atom stereocenters. The van der Waals surface area contributed by atoms with Gasteiger partial charge in [-0.2, -0.15) is 0 Å². The predicted molar refractivity (Wildman–Crippen MR) is 67.3 cm³/mol. The van der Waals surface area contributed by atoms with Gasteiger partial charge in [0.25, 0.3) is 0 Å². The lowest BCUT2D eigenvalue weighted by molar-refractivity contribution is 1.21. The van der Waals surface area contributed by atoms with E-state index < -0.39 is 0 Å². The fourth-order valence-corrected chi connectivity index (χ4v) is 1.85. The van der Waals surface area contributed by atoms with E-state index in [-0.39, 0.29) is 5.56 Å². The molecule has 0 bridgehead atoms. The van der Waals surface area contributed by atoms with Gasteiger partial charge in [0.05, 0.1) is 10.0 Å². The molecule has 2 nitrogen and oxygen atoms in total. The highest BCUT2D eigenvalue weighted by Crippen LogP contribution is 2.29. The smallest absolute Gasteiger partial charge is 0.248 e.